The van der Waals surface area contributed by atoms with Crippen LogP contribution < -0.4 is 0 Å². The molecule has 39 heavy (non-hydrogen) atoms. The molecular weight excluding hydrogens is 494 g/mol. The summed E-state index contributed by atoms with van der Waals surface area (Å²) in [5.41, 5.74) is 7.98. The first-order valence-electron chi connectivity index (χ1n) is 13.2. The number of rotatable bonds is 2. The molecule has 3 heterocycles. The quantitative estimate of drug-likeness (QED) is 0.224. The van der Waals surface area contributed by atoms with Gasteiger partial charge in [-0.15, -0.1) is 11.3 Å². The number of para-hydroxylation sites is 2. The molecular formula is C36H21NOS. The second-order valence-corrected chi connectivity index (χ2v) is 11.2. The van der Waals surface area contributed by atoms with Crippen LogP contribution in [-0.4, -0.2) is 4.57 Å². The van der Waals surface area contributed by atoms with Gasteiger partial charge >= 0.3 is 0 Å². The fourth-order valence-electron chi connectivity index (χ4n) is 6.26. The number of hydrogen-bond donors (Lipinski definition) is 0. The van der Waals surface area contributed by atoms with Crippen LogP contribution in [0.2, 0.25) is 0 Å². The van der Waals surface area contributed by atoms with Crippen LogP contribution in [0.3, 0.4) is 0 Å². The molecule has 0 unspecified atom stereocenters. The Morgan fingerprint density at radius 2 is 1.23 bits per heavy atom. The van der Waals surface area contributed by atoms with Gasteiger partial charge in [-0.2, -0.15) is 0 Å². The molecule has 0 aliphatic carbocycles. The Morgan fingerprint density at radius 1 is 0.513 bits per heavy atom. The second kappa shape index (κ2) is 7.83. The highest BCUT2D eigenvalue weighted by atomic mass is 32.1. The number of aromatic nitrogens is 1. The molecule has 0 aliphatic heterocycles. The molecule has 0 amide bonds. The van der Waals surface area contributed by atoms with Gasteiger partial charge in [-0.25, -0.2) is 0 Å². The average molecular weight is 516 g/mol. The minimum atomic E-state index is 0.927. The van der Waals surface area contributed by atoms with E-state index in [9.17, 15) is 0 Å². The molecule has 182 valence electrons. The van der Waals surface area contributed by atoms with E-state index in [2.05, 4.69) is 126 Å². The Kier molecular flexibility index (Phi) is 4.24. The van der Waals surface area contributed by atoms with Crippen molar-refractivity contribution in [1.82, 2.24) is 4.57 Å². The van der Waals surface area contributed by atoms with E-state index in [1.165, 1.54) is 58.8 Å². The SMILES string of the molecule is c1ccc(-c2ccc3c(c2)c2ccccc2n3-c2cc3c4ccccc4oc3c3c2sc2ccccc23)cc1. The Balaban J connectivity index is 1.47. The van der Waals surface area contributed by atoms with Gasteiger partial charge < -0.3 is 8.98 Å². The Labute approximate surface area is 227 Å². The monoisotopic (exact) mass is 515 g/mol. The summed E-state index contributed by atoms with van der Waals surface area (Å²) >= 11 is 1.85. The van der Waals surface area contributed by atoms with Crippen molar-refractivity contribution in [1.29, 1.82) is 0 Å². The highest BCUT2D eigenvalue weighted by molar-refractivity contribution is 7.26. The number of furan rings is 1. The summed E-state index contributed by atoms with van der Waals surface area (Å²) in [5.74, 6) is 0. The van der Waals surface area contributed by atoms with Gasteiger partial charge in [0.2, 0.25) is 0 Å². The molecule has 6 aromatic carbocycles. The predicted molar refractivity (Wildman–Crippen MR) is 166 cm³/mol. The standard InChI is InChI=1S/C36H21NOS/c1-2-10-22(11-3-1)23-18-19-30-27(20-23)24-12-4-7-15-29(24)37(30)31-21-28-25-13-5-8-16-32(25)38-35(28)34-26-14-6-9-17-33(26)39-36(31)34/h1-21H. The first-order valence-corrected chi connectivity index (χ1v) is 14.0. The van der Waals surface area contributed by atoms with Gasteiger partial charge in [0.15, 0.2) is 0 Å². The molecule has 2 nitrogen and oxygen atoms in total. The lowest BCUT2D eigenvalue weighted by Gasteiger charge is -2.11. The third-order valence-electron chi connectivity index (χ3n) is 7.99. The van der Waals surface area contributed by atoms with Crippen molar-refractivity contribution in [2.45, 2.75) is 0 Å². The van der Waals surface area contributed by atoms with Crippen molar-refractivity contribution in [3.63, 3.8) is 0 Å². The highest BCUT2D eigenvalue weighted by Gasteiger charge is 2.21. The Hall–Kier alpha value is -4.86. The van der Waals surface area contributed by atoms with E-state index in [4.69, 9.17) is 4.42 Å². The van der Waals surface area contributed by atoms with Crippen molar-refractivity contribution in [2.24, 2.45) is 0 Å². The van der Waals surface area contributed by atoms with Crippen molar-refractivity contribution >= 4 is 75.3 Å². The van der Waals surface area contributed by atoms with Crippen LogP contribution in [0.15, 0.2) is 132 Å². The molecule has 0 N–H and O–H groups in total. The van der Waals surface area contributed by atoms with Crippen molar-refractivity contribution in [3.05, 3.63) is 127 Å². The minimum absolute atomic E-state index is 0.927. The molecule has 3 aromatic heterocycles. The summed E-state index contributed by atoms with van der Waals surface area (Å²) in [7, 11) is 0. The normalized spacial score (nSPS) is 12.1. The molecule has 0 saturated carbocycles. The first kappa shape index (κ1) is 21.1. The molecule has 9 rings (SSSR count). The van der Waals surface area contributed by atoms with Crippen molar-refractivity contribution in [2.75, 3.05) is 0 Å². The van der Waals surface area contributed by atoms with Crippen LogP contribution in [0, 0.1) is 0 Å². The molecule has 9 aromatic rings. The van der Waals surface area contributed by atoms with Gasteiger partial charge in [-0.05, 0) is 47.5 Å². The first-order chi connectivity index (χ1) is 19.3. The lowest BCUT2D eigenvalue weighted by Crippen LogP contribution is -1.94. The maximum absolute atomic E-state index is 6.54. The second-order valence-electron chi connectivity index (χ2n) is 10.1. The van der Waals surface area contributed by atoms with Gasteiger partial charge in [0.1, 0.15) is 11.2 Å². The van der Waals surface area contributed by atoms with Gasteiger partial charge in [0, 0.05) is 37.0 Å². The van der Waals surface area contributed by atoms with E-state index in [1.807, 2.05) is 17.4 Å². The summed E-state index contributed by atoms with van der Waals surface area (Å²) in [6, 6.07) is 45.7. The largest absolute Gasteiger partial charge is 0.455 e. The van der Waals surface area contributed by atoms with E-state index in [-0.39, 0.29) is 0 Å². The van der Waals surface area contributed by atoms with E-state index in [0.29, 0.717) is 0 Å². The maximum atomic E-state index is 6.54. The lowest BCUT2D eigenvalue weighted by atomic mass is 10.0. The molecule has 0 saturated heterocycles. The van der Waals surface area contributed by atoms with Crippen LogP contribution in [0.25, 0.3) is 80.7 Å². The molecule has 0 fully saturated rings. The third-order valence-corrected chi connectivity index (χ3v) is 9.18. The highest BCUT2D eigenvalue weighted by Crippen LogP contribution is 2.46. The van der Waals surface area contributed by atoms with Gasteiger partial charge in [-0.3, -0.25) is 0 Å². The smallest absolute Gasteiger partial charge is 0.144 e. The van der Waals surface area contributed by atoms with E-state index in [0.717, 1.165) is 21.9 Å². The Morgan fingerprint density at radius 3 is 2.13 bits per heavy atom. The zero-order chi connectivity index (χ0) is 25.5. The third kappa shape index (κ3) is 2.91. The summed E-state index contributed by atoms with van der Waals surface area (Å²) in [5, 5.41) is 7.28. The van der Waals surface area contributed by atoms with E-state index < -0.39 is 0 Å². The van der Waals surface area contributed by atoms with Gasteiger partial charge in [0.05, 0.1) is 21.4 Å². The van der Waals surface area contributed by atoms with E-state index in [1.54, 1.807) is 0 Å². The van der Waals surface area contributed by atoms with Crippen LogP contribution in [-0.2, 0) is 0 Å². The van der Waals surface area contributed by atoms with E-state index >= 15 is 0 Å². The fourth-order valence-corrected chi connectivity index (χ4v) is 7.46. The molecule has 0 radical (unpaired) electrons. The lowest BCUT2D eigenvalue weighted by molar-refractivity contribution is 0.673. The van der Waals surface area contributed by atoms with Crippen molar-refractivity contribution < 1.29 is 4.42 Å². The zero-order valence-corrected chi connectivity index (χ0v) is 21.7. The summed E-state index contributed by atoms with van der Waals surface area (Å²) < 4.78 is 11.5. The molecule has 3 heteroatoms. The Bertz CT molecular complexity index is 2390. The fraction of sp³-hybridized carbons (Fsp3) is 0. The maximum Gasteiger partial charge on any atom is 0.144 e. The van der Waals surface area contributed by atoms with Crippen LogP contribution in [0.1, 0.15) is 0 Å². The predicted octanol–water partition coefficient (Wildman–Crippen LogP) is 10.7. The summed E-state index contributed by atoms with van der Waals surface area (Å²) in [6.07, 6.45) is 0. The van der Waals surface area contributed by atoms with Gasteiger partial charge in [-0.1, -0.05) is 91.0 Å². The number of thiophene rings is 1. The topological polar surface area (TPSA) is 18.1 Å². The van der Waals surface area contributed by atoms with Crippen LogP contribution in [0.5, 0.6) is 0 Å². The summed E-state index contributed by atoms with van der Waals surface area (Å²) in [6.45, 7) is 0. The molecule has 0 spiro atoms. The number of benzene rings is 6. The van der Waals surface area contributed by atoms with Crippen molar-refractivity contribution in [3.8, 4) is 16.8 Å². The number of hydrogen-bond acceptors (Lipinski definition) is 2. The van der Waals surface area contributed by atoms with Crippen LogP contribution >= 0.6 is 11.3 Å². The molecule has 0 bridgehead atoms. The number of fused-ring (bicyclic) bond motifs is 10. The van der Waals surface area contributed by atoms with Gasteiger partial charge in [0.25, 0.3) is 0 Å². The van der Waals surface area contributed by atoms with Crippen LogP contribution in [0.4, 0.5) is 0 Å². The minimum Gasteiger partial charge on any atom is -0.455 e. The molecule has 0 atom stereocenters. The number of nitrogens with zero attached hydrogens (tertiary/aromatic N) is 1. The average Bonchev–Trinajstić information content (AvgIpc) is 3.66. The molecule has 0 aliphatic rings. The summed E-state index contributed by atoms with van der Waals surface area (Å²) in [4.78, 5) is 0. The zero-order valence-electron chi connectivity index (χ0n) is 20.9.